The van der Waals surface area contributed by atoms with Crippen molar-refractivity contribution in [3.8, 4) is 0 Å². The maximum atomic E-state index is 8.70. The van der Waals surface area contributed by atoms with Crippen LogP contribution >= 0.6 is 0 Å². The third kappa shape index (κ3) is 165. The Hall–Kier alpha value is -0.640. The summed E-state index contributed by atoms with van der Waals surface area (Å²) in [6, 6.07) is 0. The molecule has 0 spiro atoms. The number of hydrogen-bond donors (Lipinski definition) is 9. The predicted molar refractivity (Wildman–Crippen MR) is 309 cm³/mol. The molecule has 0 aliphatic carbocycles. The van der Waals surface area contributed by atoms with E-state index in [1.807, 2.05) is 20.9 Å². The second kappa shape index (κ2) is 70.4. The van der Waals surface area contributed by atoms with Crippen molar-refractivity contribution in [3.63, 3.8) is 0 Å². The normalized spacial score (nSPS) is 11.3. The molecule has 13 N–H and O–H groups in total. The van der Waals surface area contributed by atoms with Crippen LogP contribution in [-0.2, 0) is 28.4 Å². The van der Waals surface area contributed by atoms with E-state index in [1.165, 1.54) is 52.1 Å². The topological polar surface area (TPSA) is 240 Å². The number of aliphatic hydroxyl groups excluding tert-OH is 2. The molecule has 0 rings (SSSR count). The number of nitrogens with one attached hydrogen (secondary N) is 5. The fraction of sp³-hybridized carbons (Fsp3) is 1.00. The molecular weight excluding hydrogens is 891 g/mol. The lowest BCUT2D eigenvalue weighted by molar-refractivity contribution is -0.117. The standard InChI is InChI=1S/C8H19NO.C7H17NO.C6H15NO2.C6H15NO.C6H15N.C6H14.C5H13NO3.C5H13N.C5H12.H2O/c1-5-10-7-6-9-8(2,3)4;1-7(2,3)8-5-6-9-4;1-2-8-5-6-9-4-3-7;1-6(2,3)7-4-5-8;1-5-7-6(2,3)4;1-3-5-6-4-2;1-8-5(7)4-9-3-2-6;1-5(2,3)6-4;1-3-5-4-2;/h9H,5-7H2,1-4H3;8H,5-6H2,1-4H3;2-7H2,1H3;7-8H,4-5H2,1-3H3;7H,5H2,1-4H3;3-6H2,1-2H3;5,7H,2-4,6H2,1H3;6H,1-4H3;3-5H2,1-2H3;1H2. The summed E-state index contributed by atoms with van der Waals surface area (Å²) in [6.45, 7) is 57.6. The minimum absolute atomic E-state index is 0. The highest BCUT2D eigenvalue weighted by atomic mass is 16.6. The van der Waals surface area contributed by atoms with Crippen LogP contribution in [0, 0.1) is 0 Å². The summed E-state index contributed by atoms with van der Waals surface area (Å²) in [7, 11) is 5.08. The highest BCUT2D eigenvalue weighted by Gasteiger charge is 2.08. The van der Waals surface area contributed by atoms with Crippen molar-refractivity contribution in [2.24, 2.45) is 11.5 Å². The highest BCUT2D eigenvalue weighted by molar-refractivity contribution is 4.71. The van der Waals surface area contributed by atoms with Crippen molar-refractivity contribution in [2.45, 2.75) is 231 Å². The molecule has 0 aromatic heterocycles. The zero-order chi connectivity index (χ0) is 56.1. The molecule has 16 nitrogen and oxygen atoms in total. The summed E-state index contributed by atoms with van der Waals surface area (Å²) in [5.74, 6) is 0. The van der Waals surface area contributed by atoms with Gasteiger partial charge in [0.2, 0.25) is 0 Å². The largest absolute Gasteiger partial charge is 0.412 e. The van der Waals surface area contributed by atoms with Crippen LogP contribution in [0.4, 0.5) is 0 Å². The number of unbranched alkanes of at least 4 members (excludes halogenated alkanes) is 5. The number of aliphatic hydroxyl groups is 2. The van der Waals surface area contributed by atoms with Gasteiger partial charge in [-0.25, -0.2) is 0 Å². The summed E-state index contributed by atoms with van der Waals surface area (Å²) in [6.07, 6.45) is 8.79. The lowest BCUT2D eigenvalue weighted by Crippen LogP contribution is -2.37. The Morgan fingerprint density at radius 1 is 0.457 bits per heavy atom. The molecule has 0 aromatic rings. The van der Waals surface area contributed by atoms with Crippen LogP contribution in [-0.4, -0.2) is 176 Å². The van der Waals surface area contributed by atoms with Crippen molar-refractivity contribution in [1.29, 1.82) is 0 Å². The van der Waals surface area contributed by atoms with E-state index < -0.39 is 6.29 Å². The van der Waals surface area contributed by atoms with Gasteiger partial charge in [-0.1, -0.05) is 79.6 Å². The van der Waals surface area contributed by atoms with Gasteiger partial charge in [0.05, 0.1) is 52.9 Å². The van der Waals surface area contributed by atoms with Crippen LogP contribution in [0.5, 0.6) is 0 Å². The summed E-state index contributed by atoms with van der Waals surface area (Å²) >= 11 is 0. The minimum atomic E-state index is -0.823. The van der Waals surface area contributed by atoms with Crippen LogP contribution in [0.15, 0.2) is 0 Å². The van der Waals surface area contributed by atoms with E-state index in [-0.39, 0.29) is 35.3 Å². The van der Waals surface area contributed by atoms with Crippen LogP contribution in [0.3, 0.4) is 0 Å². The Balaban J connectivity index is -0.0000000727. The van der Waals surface area contributed by atoms with E-state index in [0.717, 1.165) is 46.1 Å². The van der Waals surface area contributed by atoms with Gasteiger partial charge < -0.3 is 82.2 Å². The third-order valence-corrected chi connectivity index (χ3v) is 7.59. The zero-order valence-electron chi connectivity index (χ0n) is 51.8. The molecule has 16 heteroatoms. The third-order valence-electron chi connectivity index (χ3n) is 7.59. The number of rotatable bonds is 26. The predicted octanol–water partition coefficient (Wildman–Crippen LogP) is 8.08. The van der Waals surface area contributed by atoms with Gasteiger partial charge in [0, 0.05) is 87.9 Å². The molecular formula is C54H135N7O9. The van der Waals surface area contributed by atoms with Crippen LogP contribution in [0.2, 0.25) is 0 Å². The maximum absolute atomic E-state index is 8.70. The number of hydrogen-bond acceptors (Lipinski definition) is 15. The Morgan fingerprint density at radius 3 is 1.04 bits per heavy atom. The number of β-amino-alcohol motifs (C(OH)–C–C–N with tert-alkyl or cyclic N) is 1. The second-order valence-electron chi connectivity index (χ2n) is 20.9. The number of ether oxygens (including phenoxy) is 6. The molecule has 1 atom stereocenters. The average Bonchev–Trinajstić information content (AvgIpc) is 3.24. The molecule has 0 saturated carbocycles. The summed E-state index contributed by atoms with van der Waals surface area (Å²) in [4.78, 5) is 0. The van der Waals surface area contributed by atoms with Crippen molar-refractivity contribution < 1.29 is 44.1 Å². The quantitative estimate of drug-likeness (QED) is 0.0294. The molecule has 0 aliphatic rings. The lowest BCUT2D eigenvalue weighted by atomic mass is 10.1. The molecule has 0 saturated heterocycles. The van der Waals surface area contributed by atoms with Gasteiger partial charge in [-0.05, 0) is 131 Å². The van der Waals surface area contributed by atoms with Crippen molar-refractivity contribution in [2.75, 3.05) is 127 Å². The molecule has 0 bridgehead atoms. The Bertz CT molecular complexity index is 823. The highest BCUT2D eigenvalue weighted by Crippen LogP contribution is 1.99. The molecule has 0 heterocycles. The van der Waals surface area contributed by atoms with Crippen molar-refractivity contribution in [1.82, 2.24) is 26.6 Å². The van der Waals surface area contributed by atoms with E-state index in [9.17, 15) is 0 Å². The average molecular weight is 1030 g/mol. The Morgan fingerprint density at radius 2 is 0.800 bits per heavy atom. The first-order chi connectivity index (χ1) is 31.9. The first-order valence-electron chi connectivity index (χ1n) is 26.6. The fourth-order valence-corrected chi connectivity index (χ4v) is 3.77. The zero-order valence-corrected chi connectivity index (χ0v) is 51.8. The van der Waals surface area contributed by atoms with Gasteiger partial charge in [-0.3, -0.25) is 0 Å². The summed E-state index contributed by atoms with van der Waals surface area (Å²) in [5.41, 5.74) is 11.5. The van der Waals surface area contributed by atoms with E-state index in [1.54, 1.807) is 7.11 Å². The molecule has 70 heavy (non-hydrogen) atoms. The van der Waals surface area contributed by atoms with Gasteiger partial charge >= 0.3 is 0 Å². The SMILES string of the molecule is CC(C)(C)NCCO.CCCCC.CCCCCC.CCNC(C)(C)C.CCOCCNC(C)(C)C.CCOCCOCCN.CNC(C)(C)C.COC(O)COCCN.COCCNC(C)(C)C.O. The Kier molecular flexibility index (Phi) is 92.6. The van der Waals surface area contributed by atoms with Gasteiger partial charge in [-0.2, -0.15) is 0 Å². The van der Waals surface area contributed by atoms with E-state index in [2.05, 4.69) is 170 Å². The molecule has 1 unspecified atom stereocenters. The molecule has 0 aliphatic heterocycles. The number of methoxy groups -OCH3 is 2. The fourth-order valence-electron chi connectivity index (χ4n) is 3.77. The van der Waals surface area contributed by atoms with Gasteiger partial charge in [-0.15, -0.1) is 0 Å². The monoisotopic (exact) mass is 1030 g/mol. The van der Waals surface area contributed by atoms with E-state index >= 15 is 0 Å². The van der Waals surface area contributed by atoms with Gasteiger partial charge in [0.15, 0.2) is 6.29 Å². The van der Waals surface area contributed by atoms with Crippen LogP contribution in [0.25, 0.3) is 0 Å². The second-order valence-corrected chi connectivity index (χ2v) is 20.9. The summed E-state index contributed by atoms with van der Waals surface area (Å²) in [5, 5.41) is 33.2. The first-order valence-corrected chi connectivity index (χ1v) is 26.6. The number of nitrogens with two attached hydrogens (primary N) is 2. The maximum Gasteiger partial charge on any atom is 0.177 e. The lowest BCUT2D eigenvalue weighted by Gasteiger charge is -2.20. The summed E-state index contributed by atoms with van der Waals surface area (Å²) < 4.78 is 29.4. The first kappa shape index (κ1) is 92.0. The van der Waals surface area contributed by atoms with E-state index in [0.29, 0.717) is 57.1 Å². The minimum Gasteiger partial charge on any atom is -0.412 e. The van der Waals surface area contributed by atoms with Gasteiger partial charge in [0.1, 0.15) is 0 Å². The molecule has 440 valence electrons. The van der Waals surface area contributed by atoms with Crippen molar-refractivity contribution >= 4 is 0 Å². The van der Waals surface area contributed by atoms with Crippen molar-refractivity contribution in [3.05, 3.63) is 0 Å². The van der Waals surface area contributed by atoms with E-state index in [4.69, 9.17) is 45.4 Å². The molecule has 0 radical (unpaired) electrons. The molecule has 0 fully saturated rings. The van der Waals surface area contributed by atoms with Gasteiger partial charge in [0.25, 0.3) is 0 Å². The smallest absolute Gasteiger partial charge is 0.177 e. The Labute approximate surface area is 438 Å². The van der Waals surface area contributed by atoms with Crippen LogP contribution < -0.4 is 38.1 Å². The van der Waals surface area contributed by atoms with Crippen LogP contribution in [0.1, 0.15) is 197 Å². The molecule has 0 amide bonds. The molecule has 0 aromatic carbocycles.